The van der Waals surface area contributed by atoms with Crippen molar-refractivity contribution in [3.63, 3.8) is 0 Å². The van der Waals surface area contributed by atoms with Crippen molar-refractivity contribution in [3.8, 4) is 5.75 Å². The van der Waals surface area contributed by atoms with Gasteiger partial charge in [0.2, 0.25) is 0 Å². The minimum Gasteiger partial charge on any atom is -0.496 e. The maximum atomic E-state index is 10.7. The van der Waals surface area contributed by atoms with E-state index in [2.05, 4.69) is 0 Å². The maximum absolute atomic E-state index is 10.7. The first kappa shape index (κ1) is 10.7. The topological polar surface area (TPSA) is 35.5 Å². The van der Waals surface area contributed by atoms with E-state index in [0.717, 1.165) is 23.4 Å². The molecular weight excluding hydrogens is 204 g/mol. The molecule has 0 radical (unpaired) electrons. The van der Waals surface area contributed by atoms with Crippen molar-refractivity contribution in [1.29, 1.82) is 0 Å². The third-order valence-corrected chi connectivity index (χ3v) is 2.48. The van der Waals surface area contributed by atoms with Crippen LogP contribution < -0.4 is 4.74 Å². The van der Waals surface area contributed by atoms with E-state index in [0.29, 0.717) is 5.56 Å². The zero-order valence-corrected chi connectivity index (χ0v) is 9.61. The summed E-state index contributed by atoms with van der Waals surface area (Å²) in [6, 6.07) is 5.31. The minimum atomic E-state index is -0.388. The van der Waals surface area contributed by atoms with E-state index in [1.54, 1.807) is 25.3 Å². The number of rotatable bonds is 2. The van der Waals surface area contributed by atoms with E-state index in [-0.39, 0.29) is 5.60 Å². The third-order valence-electron chi connectivity index (χ3n) is 2.48. The Kier molecular flexibility index (Phi) is 2.46. The standard InChI is InChI=1S/C13H14O3/c1-13(2)7-12(15-3)10-6-9(8-14)4-5-11(10)16-13/h4-8H,1-3H3. The molecule has 0 saturated heterocycles. The van der Waals surface area contributed by atoms with Crippen molar-refractivity contribution in [3.05, 3.63) is 35.4 Å². The molecule has 0 unspecified atom stereocenters. The van der Waals surface area contributed by atoms with Crippen LogP contribution in [0.1, 0.15) is 29.8 Å². The lowest BCUT2D eigenvalue weighted by Crippen LogP contribution is -2.29. The molecule has 3 nitrogen and oxygen atoms in total. The first-order valence-electron chi connectivity index (χ1n) is 5.11. The van der Waals surface area contributed by atoms with Gasteiger partial charge in [0.1, 0.15) is 23.4 Å². The molecule has 3 heteroatoms. The SMILES string of the molecule is COC1=CC(C)(C)Oc2ccc(C=O)cc21. The second-order valence-corrected chi connectivity index (χ2v) is 4.29. The van der Waals surface area contributed by atoms with Gasteiger partial charge >= 0.3 is 0 Å². The van der Waals surface area contributed by atoms with E-state index in [4.69, 9.17) is 9.47 Å². The Labute approximate surface area is 94.7 Å². The molecule has 0 atom stereocenters. The van der Waals surface area contributed by atoms with Crippen LogP contribution in [0, 0.1) is 0 Å². The van der Waals surface area contributed by atoms with Crippen molar-refractivity contribution in [2.75, 3.05) is 7.11 Å². The van der Waals surface area contributed by atoms with Crippen LogP contribution in [0.4, 0.5) is 0 Å². The van der Waals surface area contributed by atoms with Gasteiger partial charge in [0.05, 0.1) is 12.7 Å². The van der Waals surface area contributed by atoms with Crippen LogP contribution in [-0.4, -0.2) is 19.0 Å². The van der Waals surface area contributed by atoms with Crippen LogP contribution in [0.2, 0.25) is 0 Å². The first-order valence-corrected chi connectivity index (χ1v) is 5.11. The van der Waals surface area contributed by atoms with E-state index in [1.165, 1.54) is 0 Å². The number of aldehydes is 1. The van der Waals surface area contributed by atoms with Gasteiger partial charge in [-0.15, -0.1) is 0 Å². The Morgan fingerprint density at radius 1 is 1.38 bits per heavy atom. The fourth-order valence-corrected chi connectivity index (χ4v) is 1.78. The molecule has 16 heavy (non-hydrogen) atoms. The molecule has 0 aliphatic carbocycles. The van der Waals surface area contributed by atoms with E-state index in [9.17, 15) is 4.79 Å². The summed E-state index contributed by atoms with van der Waals surface area (Å²) in [5.41, 5.74) is 1.05. The smallest absolute Gasteiger partial charge is 0.150 e. The van der Waals surface area contributed by atoms with E-state index < -0.39 is 0 Å². The highest BCUT2D eigenvalue weighted by atomic mass is 16.5. The molecule has 84 valence electrons. The fraction of sp³-hybridized carbons (Fsp3) is 0.308. The van der Waals surface area contributed by atoms with Crippen molar-refractivity contribution < 1.29 is 14.3 Å². The van der Waals surface area contributed by atoms with Gasteiger partial charge in [-0.25, -0.2) is 0 Å². The number of carbonyl (C=O) groups excluding carboxylic acids is 1. The molecule has 0 aromatic heterocycles. The number of hydrogen-bond donors (Lipinski definition) is 0. The minimum absolute atomic E-state index is 0.388. The zero-order valence-electron chi connectivity index (χ0n) is 9.61. The molecule has 0 N–H and O–H groups in total. The predicted molar refractivity (Wildman–Crippen MR) is 61.5 cm³/mol. The van der Waals surface area contributed by atoms with Gasteiger partial charge in [-0.3, -0.25) is 4.79 Å². The van der Waals surface area contributed by atoms with Crippen molar-refractivity contribution in [2.24, 2.45) is 0 Å². The lowest BCUT2D eigenvalue weighted by Gasteiger charge is -2.30. The van der Waals surface area contributed by atoms with Gasteiger partial charge in [0, 0.05) is 11.6 Å². The fourth-order valence-electron chi connectivity index (χ4n) is 1.78. The molecular formula is C13H14O3. The van der Waals surface area contributed by atoms with Crippen LogP contribution in [0.25, 0.3) is 5.76 Å². The Hall–Kier alpha value is -1.77. The lowest BCUT2D eigenvalue weighted by molar-refractivity contribution is 0.112. The second-order valence-electron chi connectivity index (χ2n) is 4.29. The normalized spacial score (nSPS) is 16.8. The summed E-state index contributed by atoms with van der Waals surface area (Å²) < 4.78 is 11.1. The van der Waals surface area contributed by atoms with Crippen LogP contribution >= 0.6 is 0 Å². The summed E-state index contributed by atoms with van der Waals surface area (Å²) in [4.78, 5) is 10.7. The molecule has 0 amide bonds. The molecule has 1 aromatic rings. The summed E-state index contributed by atoms with van der Waals surface area (Å²) in [7, 11) is 1.62. The Balaban J connectivity index is 2.56. The summed E-state index contributed by atoms with van der Waals surface area (Å²) >= 11 is 0. The number of hydrogen-bond acceptors (Lipinski definition) is 3. The zero-order chi connectivity index (χ0) is 11.8. The van der Waals surface area contributed by atoms with Crippen LogP contribution in [0.15, 0.2) is 24.3 Å². The Morgan fingerprint density at radius 3 is 2.75 bits per heavy atom. The molecule has 1 aliphatic rings. The van der Waals surface area contributed by atoms with Gasteiger partial charge in [-0.2, -0.15) is 0 Å². The Bertz CT molecular complexity index is 458. The third kappa shape index (κ3) is 1.81. The molecule has 0 bridgehead atoms. The van der Waals surface area contributed by atoms with E-state index >= 15 is 0 Å². The quantitative estimate of drug-likeness (QED) is 0.716. The monoisotopic (exact) mass is 218 g/mol. The second kappa shape index (κ2) is 3.67. The molecule has 2 rings (SSSR count). The van der Waals surface area contributed by atoms with Crippen molar-refractivity contribution >= 4 is 12.0 Å². The highest BCUT2D eigenvalue weighted by Crippen LogP contribution is 2.36. The average molecular weight is 218 g/mol. The van der Waals surface area contributed by atoms with Crippen LogP contribution in [0.5, 0.6) is 5.75 Å². The molecule has 0 saturated carbocycles. The summed E-state index contributed by atoms with van der Waals surface area (Å²) in [5.74, 6) is 1.49. The first-order chi connectivity index (χ1) is 7.55. The number of ether oxygens (including phenoxy) is 2. The van der Waals surface area contributed by atoms with Crippen molar-refractivity contribution in [1.82, 2.24) is 0 Å². The van der Waals surface area contributed by atoms with Crippen molar-refractivity contribution in [2.45, 2.75) is 19.4 Å². The molecule has 1 aromatic carbocycles. The van der Waals surface area contributed by atoms with Gasteiger partial charge < -0.3 is 9.47 Å². The number of benzene rings is 1. The van der Waals surface area contributed by atoms with Gasteiger partial charge in [-0.1, -0.05) is 0 Å². The highest BCUT2D eigenvalue weighted by Gasteiger charge is 2.27. The predicted octanol–water partition coefficient (Wildman–Crippen LogP) is 2.66. The van der Waals surface area contributed by atoms with Gasteiger partial charge in [-0.05, 0) is 32.0 Å². The highest BCUT2D eigenvalue weighted by molar-refractivity contribution is 5.80. The number of carbonyl (C=O) groups is 1. The summed E-state index contributed by atoms with van der Waals surface area (Å²) in [5, 5.41) is 0. The number of methoxy groups -OCH3 is 1. The van der Waals surface area contributed by atoms with Crippen LogP contribution in [-0.2, 0) is 4.74 Å². The van der Waals surface area contributed by atoms with Gasteiger partial charge in [0.15, 0.2) is 0 Å². The lowest BCUT2D eigenvalue weighted by atomic mass is 9.99. The Morgan fingerprint density at radius 2 is 2.12 bits per heavy atom. The summed E-state index contributed by atoms with van der Waals surface area (Å²) in [6.45, 7) is 3.92. The molecule has 0 spiro atoms. The molecule has 1 aliphatic heterocycles. The maximum Gasteiger partial charge on any atom is 0.150 e. The molecule has 1 heterocycles. The largest absolute Gasteiger partial charge is 0.496 e. The average Bonchev–Trinajstić information content (AvgIpc) is 2.26. The number of fused-ring (bicyclic) bond motifs is 1. The van der Waals surface area contributed by atoms with Crippen LogP contribution in [0.3, 0.4) is 0 Å². The summed E-state index contributed by atoms with van der Waals surface area (Å²) in [6.07, 6.45) is 2.72. The van der Waals surface area contributed by atoms with Gasteiger partial charge in [0.25, 0.3) is 0 Å². The van der Waals surface area contributed by atoms with E-state index in [1.807, 2.05) is 19.9 Å². The molecule has 0 fully saturated rings.